The van der Waals surface area contributed by atoms with Gasteiger partial charge in [0.2, 0.25) is 11.8 Å². The van der Waals surface area contributed by atoms with Gasteiger partial charge in [-0.25, -0.2) is 0 Å². The molecule has 22 heavy (non-hydrogen) atoms. The molecule has 0 saturated carbocycles. The van der Waals surface area contributed by atoms with Crippen molar-refractivity contribution in [3.8, 4) is 0 Å². The second kappa shape index (κ2) is 9.62. The van der Waals surface area contributed by atoms with E-state index in [1.807, 2.05) is 25.1 Å². The SMILES string of the molecule is CCCCCN(CCC(=O)Nc1ccc(C)c(Br)c1)C(C)=O. The first-order chi connectivity index (χ1) is 10.4. The number of carbonyl (C=O) groups is 2. The van der Waals surface area contributed by atoms with Crippen LogP contribution in [0.4, 0.5) is 5.69 Å². The van der Waals surface area contributed by atoms with E-state index in [4.69, 9.17) is 0 Å². The number of aryl methyl sites for hydroxylation is 1. The molecule has 2 amide bonds. The normalized spacial score (nSPS) is 10.4. The van der Waals surface area contributed by atoms with Gasteiger partial charge in [-0.15, -0.1) is 0 Å². The van der Waals surface area contributed by atoms with Gasteiger partial charge in [0.05, 0.1) is 0 Å². The lowest BCUT2D eigenvalue weighted by molar-refractivity contribution is -0.129. The number of benzene rings is 1. The van der Waals surface area contributed by atoms with Crippen LogP contribution in [-0.2, 0) is 9.59 Å². The van der Waals surface area contributed by atoms with Crippen LogP contribution in [0.2, 0.25) is 0 Å². The van der Waals surface area contributed by atoms with Gasteiger partial charge >= 0.3 is 0 Å². The van der Waals surface area contributed by atoms with E-state index in [9.17, 15) is 9.59 Å². The van der Waals surface area contributed by atoms with E-state index in [1.54, 1.807) is 11.8 Å². The van der Waals surface area contributed by atoms with E-state index >= 15 is 0 Å². The Kier molecular flexibility index (Phi) is 8.17. The zero-order valence-corrected chi connectivity index (χ0v) is 15.2. The van der Waals surface area contributed by atoms with Crippen molar-refractivity contribution < 1.29 is 9.59 Å². The Morgan fingerprint density at radius 3 is 2.55 bits per heavy atom. The fraction of sp³-hybridized carbons (Fsp3) is 0.529. The lowest BCUT2D eigenvalue weighted by Gasteiger charge is -2.20. The maximum absolute atomic E-state index is 12.0. The molecule has 0 bridgehead atoms. The van der Waals surface area contributed by atoms with Crippen molar-refractivity contribution in [3.63, 3.8) is 0 Å². The molecule has 4 nitrogen and oxygen atoms in total. The van der Waals surface area contributed by atoms with Crippen LogP contribution in [0.5, 0.6) is 0 Å². The number of carbonyl (C=O) groups excluding carboxylic acids is 2. The molecule has 122 valence electrons. The number of hydrogen-bond acceptors (Lipinski definition) is 2. The molecule has 0 radical (unpaired) electrons. The van der Waals surface area contributed by atoms with E-state index < -0.39 is 0 Å². The molecule has 0 spiro atoms. The summed E-state index contributed by atoms with van der Waals surface area (Å²) in [6, 6.07) is 5.71. The smallest absolute Gasteiger partial charge is 0.226 e. The Balaban J connectivity index is 2.45. The minimum Gasteiger partial charge on any atom is -0.342 e. The number of nitrogens with zero attached hydrogens (tertiary/aromatic N) is 1. The first-order valence-corrected chi connectivity index (χ1v) is 8.54. The summed E-state index contributed by atoms with van der Waals surface area (Å²) in [5.41, 5.74) is 1.89. The predicted molar refractivity (Wildman–Crippen MR) is 93.9 cm³/mol. The number of hydrogen-bond donors (Lipinski definition) is 1. The number of halogens is 1. The van der Waals surface area contributed by atoms with Crippen molar-refractivity contribution >= 4 is 33.4 Å². The topological polar surface area (TPSA) is 49.4 Å². The summed E-state index contributed by atoms with van der Waals surface area (Å²) < 4.78 is 0.968. The van der Waals surface area contributed by atoms with Crippen molar-refractivity contribution in [2.45, 2.75) is 46.5 Å². The summed E-state index contributed by atoms with van der Waals surface area (Å²) in [7, 11) is 0. The summed E-state index contributed by atoms with van der Waals surface area (Å²) in [5.74, 6) is -0.0422. The Labute approximate surface area is 141 Å². The molecule has 0 aliphatic heterocycles. The molecular weight excluding hydrogens is 344 g/mol. The van der Waals surface area contributed by atoms with Crippen molar-refractivity contribution in [2.75, 3.05) is 18.4 Å². The molecule has 0 atom stereocenters. The number of unbranched alkanes of at least 4 members (excludes halogenated alkanes) is 2. The molecule has 1 rings (SSSR count). The Hall–Kier alpha value is -1.36. The molecule has 0 heterocycles. The van der Waals surface area contributed by atoms with Crippen LogP contribution in [-0.4, -0.2) is 29.8 Å². The van der Waals surface area contributed by atoms with E-state index in [0.29, 0.717) is 13.0 Å². The lowest BCUT2D eigenvalue weighted by Crippen LogP contribution is -2.32. The largest absolute Gasteiger partial charge is 0.342 e. The summed E-state index contributed by atoms with van der Waals surface area (Å²) in [6.07, 6.45) is 3.53. The number of amides is 2. The monoisotopic (exact) mass is 368 g/mol. The zero-order valence-electron chi connectivity index (χ0n) is 13.6. The molecule has 1 aromatic carbocycles. The van der Waals surface area contributed by atoms with Gasteiger partial charge in [0.1, 0.15) is 0 Å². The molecule has 5 heteroatoms. The van der Waals surface area contributed by atoms with Crippen LogP contribution in [0.1, 0.15) is 45.1 Å². The Morgan fingerprint density at radius 2 is 1.95 bits per heavy atom. The molecule has 0 unspecified atom stereocenters. The number of anilines is 1. The standard InChI is InChI=1S/C17H25BrN2O2/c1-4-5-6-10-20(14(3)21)11-9-17(22)19-15-8-7-13(2)16(18)12-15/h7-8,12H,4-6,9-11H2,1-3H3,(H,19,22). The summed E-state index contributed by atoms with van der Waals surface area (Å²) >= 11 is 3.45. The minimum absolute atomic E-state index is 0.0296. The highest BCUT2D eigenvalue weighted by Crippen LogP contribution is 2.20. The van der Waals surface area contributed by atoms with E-state index in [-0.39, 0.29) is 11.8 Å². The van der Waals surface area contributed by atoms with Crippen molar-refractivity contribution in [2.24, 2.45) is 0 Å². The quantitative estimate of drug-likeness (QED) is 0.701. The second-order valence-corrected chi connectivity index (χ2v) is 6.33. The van der Waals surface area contributed by atoms with E-state index in [0.717, 1.165) is 41.5 Å². The maximum Gasteiger partial charge on any atom is 0.226 e. The third kappa shape index (κ3) is 6.60. The molecule has 0 fully saturated rings. The lowest BCUT2D eigenvalue weighted by atomic mass is 10.2. The average Bonchev–Trinajstić information content (AvgIpc) is 2.46. The van der Waals surface area contributed by atoms with E-state index in [2.05, 4.69) is 28.2 Å². The summed E-state index contributed by atoms with van der Waals surface area (Å²) in [5, 5.41) is 2.86. The highest BCUT2D eigenvalue weighted by Gasteiger charge is 2.11. The number of nitrogens with one attached hydrogen (secondary N) is 1. The van der Waals surface area contributed by atoms with Crippen LogP contribution in [0.15, 0.2) is 22.7 Å². The van der Waals surface area contributed by atoms with Gasteiger partial charge in [-0.2, -0.15) is 0 Å². The first-order valence-electron chi connectivity index (χ1n) is 7.75. The highest BCUT2D eigenvalue weighted by molar-refractivity contribution is 9.10. The molecule has 0 aliphatic rings. The fourth-order valence-electron chi connectivity index (χ4n) is 2.11. The molecular formula is C17H25BrN2O2. The van der Waals surface area contributed by atoms with Crippen molar-refractivity contribution in [3.05, 3.63) is 28.2 Å². The molecule has 0 saturated heterocycles. The third-order valence-electron chi connectivity index (χ3n) is 3.54. The van der Waals surface area contributed by atoms with Crippen LogP contribution >= 0.6 is 15.9 Å². The van der Waals surface area contributed by atoms with Gasteiger partial charge in [0.15, 0.2) is 0 Å². The molecule has 1 N–H and O–H groups in total. The summed E-state index contributed by atoms with van der Waals surface area (Å²) in [4.78, 5) is 25.3. The average molecular weight is 369 g/mol. The fourth-order valence-corrected chi connectivity index (χ4v) is 2.49. The molecule has 1 aromatic rings. The first kappa shape index (κ1) is 18.7. The van der Waals surface area contributed by atoms with Crippen molar-refractivity contribution in [1.29, 1.82) is 0 Å². The third-order valence-corrected chi connectivity index (χ3v) is 4.40. The van der Waals surface area contributed by atoms with Gasteiger partial charge < -0.3 is 10.2 Å². The van der Waals surface area contributed by atoms with Gasteiger partial charge in [-0.1, -0.05) is 41.8 Å². The number of rotatable bonds is 8. The van der Waals surface area contributed by atoms with Crippen LogP contribution in [0, 0.1) is 6.92 Å². The van der Waals surface area contributed by atoms with Crippen LogP contribution in [0.25, 0.3) is 0 Å². The van der Waals surface area contributed by atoms with Gasteiger partial charge in [-0.05, 0) is 31.0 Å². The van der Waals surface area contributed by atoms with Crippen LogP contribution in [0.3, 0.4) is 0 Å². The highest BCUT2D eigenvalue weighted by atomic mass is 79.9. The maximum atomic E-state index is 12.0. The predicted octanol–water partition coefficient (Wildman–Crippen LogP) is 4.12. The van der Waals surface area contributed by atoms with Crippen LogP contribution < -0.4 is 5.32 Å². The minimum atomic E-state index is -0.0718. The summed E-state index contributed by atoms with van der Waals surface area (Å²) in [6.45, 7) is 6.88. The molecule has 0 aliphatic carbocycles. The van der Waals surface area contributed by atoms with Gasteiger partial charge in [0.25, 0.3) is 0 Å². The van der Waals surface area contributed by atoms with Gasteiger partial charge in [-0.3, -0.25) is 9.59 Å². The van der Waals surface area contributed by atoms with Crippen molar-refractivity contribution in [1.82, 2.24) is 4.90 Å². The Bertz CT molecular complexity index is 517. The second-order valence-electron chi connectivity index (χ2n) is 5.48. The van der Waals surface area contributed by atoms with Gasteiger partial charge in [0, 0.05) is 36.6 Å². The molecule has 0 aromatic heterocycles. The Morgan fingerprint density at radius 1 is 1.23 bits per heavy atom. The van der Waals surface area contributed by atoms with E-state index in [1.165, 1.54) is 0 Å². The zero-order chi connectivity index (χ0) is 16.5.